The highest BCUT2D eigenvalue weighted by molar-refractivity contribution is 7.14. The monoisotopic (exact) mass is 946 g/mol. The first-order chi connectivity index (χ1) is 31.3. The van der Waals surface area contributed by atoms with Crippen molar-refractivity contribution in [2.24, 2.45) is 28.7 Å². The molecule has 2 bridgehead atoms. The molecule has 0 radical (unpaired) electrons. The Morgan fingerprint density at radius 2 is 1.80 bits per heavy atom. The number of fused-ring (bicyclic) bond motifs is 1. The zero-order valence-corrected chi connectivity index (χ0v) is 40.9. The second-order valence-corrected chi connectivity index (χ2v) is 20.5. The molecule has 4 aliphatic rings. The number of hydrogen-bond donors (Lipinski definition) is 2. The van der Waals surface area contributed by atoms with Crippen molar-refractivity contribution < 1.29 is 48.0 Å². The summed E-state index contributed by atoms with van der Waals surface area (Å²) in [6.45, 7) is 15.3. The normalized spacial score (nSPS) is 34.1. The molecule has 18 heteroatoms. The highest BCUT2D eigenvalue weighted by Crippen LogP contribution is 2.44. The molecule has 16 nitrogen and oxygen atoms in total. The summed E-state index contributed by atoms with van der Waals surface area (Å²) in [5.74, 6) is 1.96. The Kier molecular flexibility index (Phi) is 15.2. The van der Waals surface area contributed by atoms with Gasteiger partial charge in [-0.15, -0.1) is 16.4 Å². The number of cyclic esters (lactones) is 1. The summed E-state index contributed by atoms with van der Waals surface area (Å²) in [4.78, 5) is 66.3. The van der Waals surface area contributed by atoms with E-state index >= 15 is 0 Å². The van der Waals surface area contributed by atoms with Crippen molar-refractivity contribution in [3.8, 4) is 22.3 Å². The summed E-state index contributed by atoms with van der Waals surface area (Å²) in [5.41, 5.74) is -0.125. The number of thiophene rings is 1. The number of carbonyl (C=O) groups is 4. The fraction of sp³-hybridized carbons (Fsp3) is 0.604. The third-order valence-corrected chi connectivity index (χ3v) is 15.4. The average molecular weight is 947 g/mol. The molecule has 2 N–H and O–H groups in total. The molecule has 0 spiro atoms. The van der Waals surface area contributed by atoms with E-state index in [-0.39, 0.29) is 42.9 Å². The molecule has 6 heterocycles. The Hall–Kier alpha value is -4.61. The number of esters is 1. The van der Waals surface area contributed by atoms with Crippen molar-refractivity contribution in [3.63, 3.8) is 0 Å². The second-order valence-electron chi connectivity index (χ2n) is 18.6. The Morgan fingerprint density at radius 3 is 2.48 bits per heavy atom. The van der Waals surface area contributed by atoms with Crippen molar-refractivity contribution in [3.05, 3.63) is 52.3 Å². The van der Waals surface area contributed by atoms with E-state index in [1.54, 1.807) is 37.1 Å². The number of aliphatic hydroxyl groups excluding tert-OH is 1. The standard InChI is InChI=1S/C48H62N6O10S2/c1-11-37-48(8)41-28(4)38(49-20-21-54(41)46(59)64-48)26(2)24-47(7,42(29(5)39(55)30(6)44(58)62-37)63-45-40(56)34(53(9)10)23-27(3)61-45)60-22-12-13-33-18-19-35(65-33)43(57)51-32-16-14-31(15-17-32)36-25-50-52-66-36/h14-19,25-30,34,37,40-42,45,56H,11,20-24H2,1-10H3,(H,51,57)/t26-,27-,28+,29+,30-,34+,37-,40-,41-,42-,45+,47+,48-/m1/s1. The van der Waals surface area contributed by atoms with Crippen molar-refractivity contribution >= 4 is 58.0 Å². The zero-order chi connectivity index (χ0) is 47.7. The van der Waals surface area contributed by atoms with Gasteiger partial charge in [-0.05, 0) is 108 Å². The predicted molar refractivity (Wildman–Crippen MR) is 250 cm³/mol. The van der Waals surface area contributed by atoms with Crippen LogP contribution in [-0.2, 0) is 33.3 Å². The van der Waals surface area contributed by atoms with Crippen LogP contribution in [0, 0.1) is 35.5 Å². The first-order valence-electron chi connectivity index (χ1n) is 22.7. The quantitative estimate of drug-likeness (QED) is 0.138. The Balaban J connectivity index is 1.20. The molecule has 2 aromatic heterocycles. The van der Waals surface area contributed by atoms with Gasteiger partial charge in [0.25, 0.3) is 5.91 Å². The number of ketones is 1. The van der Waals surface area contributed by atoms with Gasteiger partial charge >= 0.3 is 12.1 Å². The Labute approximate surface area is 394 Å². The number of hydrogen-bond acceptors (Lipinski definition) is 16. The van der Waals surface area contributed by atoms with Crippen LogP contribution in [0.4, 0.5) is 10.5 Å². The van der Waals surface area contributed by atoms with Crippen LogP contribution in [0.3, 0.4) is 0 Å². The molecule has 2 amide bonds. The number of aliphatic imine (C=N–C) groups is 1. The fourth-order valence-corrected chi connectivity index (χ4v) is 11.6. The Bertz CT molecular complexity index is 2330. The van der Waals surface area contributed by atoms with Gasteiger partial charge in [0.1, 0.15) is 24.7 Å². The summed E-state index contributed by atoms with van der Waals surface area (Å²) in [5, 5.41) is 18.6. The molecule has 0 saturated carbocycles. The number of carbonyl (C=O) groups excluding carboxylic acids is 4. The minimum absolute atomic E-state index is 0.107. The number of aromatic nitrogens is 2. The number of nitrogens with one attached hydrogen (secondary N) is 1. The molecule has 0 aliphatic carbocycles. The highest BCUT2D eigenvalue weighted by Gasteiger charge is 2.60. The number of Topliss-reactive ketones (excluding diaryl/α,β-unsaturated/α-hetero) is 1. The van der Waals surface area contributed by atoms with E-state index in [0.29, 0.717) is 41.4 Å². The number of rotatable bonds is 9. The van der Waals surface area contributed by atoms with Crippen LogP contribution in [0.1, 0.15) is 89.2 Å². The van der Waals surface area contributed by atoms with Crippen molar-refractivity contribution in [2.75, 3.05) is 39.1 Å². The largest absolute Gasteiger partial charge is 0.458 e. The van der Waals surface area contributed by atoms with Gasteiger partial charge < -0.3 is 39.0 Å². The molecular formula is C48H62N6O10S2. The molecule has 0 unspecified atom stereocenters. The SMILES string of the molecule is CC[C@H]1OC(=O)[C@H](C)C(=O)[C@H](C)[C@@H](O[C@@H]2O[C@H](C)C[C@H](N(C)C)[C@H]2O)[C@@](C)(OCC#Cc2ccc(C(=O)Nc3ccc(-c4cnns4)cc3)s2)C[C@@H](C)C2=NCCN3C(=O)O[C@@]1(C)[C@H]3[C@H]2C. The van der Waals surface area contributed by atoms with Gasteiger partial charge in [-0.1, -0.05) is 56.2 Å². The number of anilines is 1. The molecule has 1 aromatic carbocycles. The fourth-order valence-electron chi connectivity index (χ4n) is 10.3. The van der Waals surface area contributed by atoms with Gasteiger partial charge in [0.2, 0.25) is 0 Å². The maximum absolute atomic E-state index is 14.7. The van der Waals surface area contributed by atoms with E-state index < -0.39 is 71.5 Å². The summed E-state index contributed by atoms with van der Waals surface area (Å²) in [7, 11) is 3.77. The lowest BCUT2D eigenvalue weighted by Gasteiger charge is -2.47. The molecule has 3 saturated heterocycles. The third kappa shape index (κ3) is 10.1. The molecule has 4 aliphatic heterocycles. The number of amides is 2. The number of nitrogens with zero attached hydrogens (tertiary/aromatic N) is 5. The molecular weight excluding hydrogens is 885 g/mol. The van der Waals surface area contributed by atoms with Gasteiger partial charge in [0.15, 0.2) is 17.7 Å². The molecule has 7 rings (SSSR count). The van der Waals surface area contributed by atoms with Gasteiger partial charge in [0, 0.05) is 35.8 Å². The minimum Gasteiger partial charge on any atom is -0.458 e. The molecule has 3 fully saturated rings. The van der Waals surface area contributed by atoms with Crippen LogP contribution >= 0.6 is 22.9 Å². The molecule has 356 valence electrons. The minimum atomic E-state index is -1.31. The third-order valence-electron chi connectivity index (χ3n) is 13.7. The molecule has 13 atom stereocenters. The Morgan fingerprint density at radius 1 is 1.06 bits per heavy atom. The van der Waals surface area contributed by atoms with E-state index in [1.165, 1.54) is 29.8 Å². The average Bonchev–Trinajstić information content (AvgIpc) is 4.02. The summed E-state index contributed by atoms with van der Waals surface area (Å²) in [6.07, 6.45) is -2.07. The number of benzene rings is 1. The topological polar surface area (TPSA) is 191 Å². The van der Waals surface area contributed by atoms with E-state index in [2.05, 4.69) is 26.7 Å². The van der Waals surface area contributed by atoms with Gasteiger partial charge in [-0.3, -0.25) is 24.3 Å². The summed E-state index contributed by atoms with van der Waals surface area (Å²) < 4.78 is 36.2. The van der Waals surface area contributed by atoms with E-state index in [4.69, 9.17) is 28.7 Å². The maximum Gasteiger partial charge on any atom is 0.410 e. The van der Waals surface area contributed by atoms with Crippen molar-refractivity contribution in [1.29, 1.82) is 0 Å². The van der Waals surface area contributed by atoms with Crippen molar-refractivity contribution in [1.82, 2.24) is 19.4 Å². The molecule has 66 heavy (non-hydrogen) atoms. The van der Waals surface area contributed by atoms with Crippen LogP contribution in [0.2, 0.25) is 0 Å². The number of aliphatic hydroxyl groups is 1. The number of likely N-dealkylation sites (N-methyl/N-ethyl adjacent to an activating group) is 1. The van der Waals surface area contributed by atoms with Crippen LogP contribution in [0.25, 0.3) is 10.4 Å². The second kappa shape index (κ2) is 20.3. The lowest BCUT2D eigenvalue weighted by atomic mass is 9.73. The first-order valence-corrected chi connectivity index (χ1v) is 24.3. The van der Waals surface area contributed by atoms with Gasteiger partial charge in [-0.25, -0.2) is 4.79 Å². The summed E-state index contributed by atoms with van der Waals surface area (Å²) >= 11 is 2.53. The predicted octanol–water partition coefficient (Wildman–Crippen LogP) is 6.33. The van der Waals surface area contributed by atoms with E-state index in [9.17, 15) is 24.3 Å². The number of ether oxygens (including phenoxy) is 5. The van der Waals surface area contributed by atoms with Crippen LogP contribution in [0.15, 0.2) is 47.6 Å². The first kappa shape index (κ1) is 49.3. The zero-order valence-electron chi connectivity index (χ0n) is 39.3. The van der Waals surface area contributed by atoms with Crippen LogP contribution in [0.5, 0.6) is 0 Å². The molecule has 3 aromatic rings. The van der Waals surface area contributed by atoms with Gasteiger partial charge in [0.05, 0.1) is 51.2 Å². The van der Waals surface area contributed by atoms with Crippen LogP contribution < -0.4 is 5.32 Å². The van der Waals surface area contributed by atoms with Gasteiger partial charge in [-0.2, -0.15) is 0 Å². The maximum atomic E-state index is 14.7. The lowest BCUT2D eigenvalue weighted by molar-refractivity contribution is -0.296. The lowest BCUT2D eigenvalue weighted by Crippen LogP contribution is -2.60. The smallest absolute Gasteiger partial charge is 0.410 e. The van der Waals surface area contributed by atoms with E-state index in [0.717, 1.165) is 16.2 Å². The van der Waals surface area contributed by atoms with Crippen LogP contribution in [-0.4, -0.2) is 142 Å². The highest BCUT2D eigenvalue weighted by atomic mass is 32.1. The van der Waals surface area contributed by atoms with E-state index in [1.807, 2.05) is 77.9 Å². The van der Waals surface area contributed by atoms with Crippen molar-refractivity contribution in [2.45, 2.75) is 129 Å². The summed E-state index contributed by atoms with van der Waals surface area (Å²) in [6, 6.07) is 10.1.